The lowest BCUT2D eigenvalue weighted by molar-refractivity contribution is -0.0435. The van der Waals surface area contributed by atoms with E-state index in [4.69, 9.17) is 19.3 Å². The normalized spacial score (nSPS) is 25.8. The molecule has 0 radical (unpaired) electrons. The Morgan fingerprint density at radius 1 is 1.10 bits per heavy atom. The van der Waals surface area contributed by atoms with E-state index in [2.05, 4.69) is 79.6 Å². The van der Waals surface area contributed by atoms with Crippen LogP contribution in [0.25, 0.3) is 0 Å². The maximum Gasteiger partial charge on any atom is 0.351 e. The van der Waals surface area contributed by atoms with Crippen molar-refractivity contribution in [1.82, 2.24) is 9.55 Å². The van der Waals surface area contributed by atoms with Gasteiger partial charge in [0.2, 0.25) is 0 Å². The molecule has 0 aromatic carbocycles. The monoisotopic (exact) mass is 469 g/mol. The Labute approximate surface area is 189 Å². The highest BCUT2D eigenvalue weighted by atomic mass is 28.4. The van der Waals surface area contributed by atoms with Crippen molar-refractivity contribution < 1.29 is 13.6 Å². The van der Waals surface area contributed by atoms with Crippen LogP contribution >= 0.6 is 0 Å². The van der Waals surface area contributed by atoms with Gasteiger partial charge in [0.15, 0.2) is 16.6 Å². The van der Waals surface area contributed by atoms with E-state index in [0.29, 0.717) is 6.61 Å². The summed E-state index contributed by atoms with van der Waals surface area (Å²) in [6, 6.07) is 1.63. The molecule has 0 saturated carbocycles. The summed E-state index contributed by atoms with van der Waals surface area (Å²) >= 11 is 0. The lowest BCUT2D eigenvalue weighted by atomic mass is 10.0. The topological polar surface area (TPSA) is 88.6 Å². The summed E-state index contributed by atoms with van der Waals surface area (Å²) in [7, 11) is -4.03. The number of anilines is 1. The minimum Gasteiger partial charge on any atom is -0.414 e. The van der Waals surface area contributed by atoms with Crippen molar-refractivity contribution in [2.45, 2.75) is 103 Å². The van der Waals surface area contributed by atoms with Crippen molar-refractivity contribution in [2.75, 3.05) is 12.3 Å². The number of nitrogens with zero attached hydrogens (tertiary/aromatic N) is 2. The molecule has 1 aromatic heterocycles. The molecular weight excluding hydrogens is 426 g/mol. The lowest BCUT2D eigenvalue weighted by Gasteiger charge is -2.41. The zero-order valence-corrected chi connectivity index (χ0v) is 23.3. The zero-order valence-electron chi connectivity index (χ0n) is 21.3. The molecule has 31 heavy (non-hydrogen) atoms. The van der Waals surface area contributed by atoms with Gasteiger partial charge in [-0.2, -0.15) is 4.98 Å². The number of ether oxygens (including phenoxy) is 1. The molecule has 0 unspecified atom stereocenters. The Hall–Kier alpha value is -1.01. The van der Waals surface area contributed by atoms with Gasteiger partial charge in [-0.15, -0.1) is 0 Å². The molecule has 2 N–H and O–H groups in total. The molecule has 0 aliphatic carbocycles. The van der Waals surface area contributed by atoms with E-state index < -0.39 is 28.6 Å². The third kappa shape index (κ3) is 5.68. The first-order valence-electron chi connectivity index (χ1n) is 11.2. The highest BCUT2D eigenvalue weighted by Gasteiger charge is 2.50. The number of hydrogen-bond acceptors (Lipinski definition) is 6. The molecule has 4 atom stereocenters. The summed E-state index contributed by atoms with van der Waals surface area (Å²) in [5.41, 5.74) is 5.27. The van der Waals surface area contributed by atoms with Crippen LogP contribution in [0, 0.1) is 5.92 Å². The Balaban J connectivity index is 2.36. The van der Waals surface area contributed by atoms with Crippen LogP contribution in [0.5, 0.6) is 0 Å². The molecule has 2 rings (SSSR count). The SMILES string of the molecule is C[C@@H]1[C@H](O[Si](C)(C)C(C)(C)C)[C@@H](CO[Si](C)(C)C(C)(C)C)O[C@H]1n1ccc(N)nc1=O. The van der Waals surface area contributed by atoms with Gasteiger partial charge in [0.25, 0.3) is 0 Å². The number of nitrogens with two attached hydrogens (primary N) is 1. The van der Waals surface area contributed by atoms with Crippen LogP contribution in [0.3, 0.4) is 0 Å². The number of rotatable bonds is 6. The van der Waals surface area contributed by atoms with Crippen LogP contribution in [-0.4, -0.2) is 45.0 Å². The van der Waals surface area contributed by atoms with Gasteiger partial charge in [0.1, 0.15) is 18.1 Å². The van der Waals surface area contributed by atoms with Crippen LogP contribution in [0.2, 0.25) is 36.3 Å². The molecular formula is C22H43N3O4Si2. The second kappa shape index (κ2) is 8.74. The fraction of sp³-hybridized carbons (Fsp3) is 0.818. The van der Waals surface area contributed by atoms with Gasteiger partial charge in [0.05, 0.1) is 12.7 Å². The predicted molar refractivity (Wildman–Crippen MR) is 131 cm³/mol. The van der Waals surface area contributed by atoms with Gasteiger partial charge in [-0.1, -0.05) is 48.5 Å². The van der Waals surface area contributed by atoms with Gasteiger partial charge in [-0.3, -0.25) is 4.57 Å². The molecule has 0 amide bonds. The average Bonchev–Trinajstić information content (AvgIpc) is 2.87. The van der Waals surface area contributed by atoms with Crippen molar-refractivity contribution in [3.8, 4) is 0 Å². The maximum atomic E-state index is 12.5. The second-order valence-electron chi connectivity index (χ2n) is 11.9. The molecule has 0 spiro atoms. The Morgan fingerprint density at radius 3 is 2.13 bits per heavy atom. The molecule has 1 aromatic rings. The molecule has 1 fully saturated rings. The van der Waals surface area contributed by atoms with Crippen LogP contribution in [-0.2, 0) is 13.6 Å². The summed E-state index contributed by atoms with van der Waals surface area (Å²) in [5, 5.41) is 0.166. The molecule has 1 aliphatic rings. The molecule has 178 valence electrons. The van der Waals surface area contributed by atoms with E-state index in [-0.39, 0.29) is 34.0 Å². The first-order valence-corrected chi connectivity index (χ1v) is 17.0. The average molecular weight is 470 g/mol. The Morgan fingerprint density at radius 2 is 1.65 bits per heavy atom. The molecule has 1 saturated heterocycles. The minimum atomic E-state index is -2.07. The van der Waals surface area contributed by atoms with Gasteiger partial charge >= 0.3 is 5.69 Å². The predicted octanol–water partition coefficient (Wildman–Crippen LogP) is 4.77. The highest BCUT2D eigenvalue weighted by Crippen LogP contribution is 2.44. The van der Waals surface area contributed by atoms with Crippen molar-refractivity contribution >= 4 is 22.5 Å². The van der Waals surface area contributed by atoms with Crippen molar-refractivity contribution in [2.24, 2.45) is 5.92 Å². The summed E-state index contributed by atoms with van der Waals surface area (Å²) in [6.45, 7) is 24.9. The van der Waals surface area contributed by atoms with E-state index >= 15 is 0 Å². The van der Waals surface area contributed by atoms with Crippen LogP contribution < -0.4 is 11.4 Å². The minimum absolute atomic E-state index is 0.0368. The highest BCUT2D eigenvalue weighted by molar-refractivity contribution is 6.74. The van der Waals surface area contributed by atoms with Gasteiger partial charge in [0, 0.05) is 12.1 Å². The van der Waals surface area contributed by atoms with E-state index in [9.17, 15) is 4.79 Å². The van der Waals surface area contributed by atoms with E-state index in [1.54, 1.807) is 12.3 Å². The van der Waals surface area contributed by atoms with Crippen LogP contribution in [0.15, 0.2) is 17.1 Å². The molecule has 9 heteroatoms. The maximum absolute atomic E-state index is 12.5. The number of hydrogen-bond donors (Lipinski definition) is 1. The fourth-order valence-corrected chi connectivity index (χ4v) is 5.58. The van der Waals surface area contributed by atoms with E-state index in [0.717, 1.165) is 0 Å². The summed E-state index contributed by atoms with van der Waals surface area (Å²) in [6.07, 6.45) is 0.767. The molecule has 2 heterocycles. The first kappa shape index (κ1) is 26.2. The van der Waals surface area contributed by atoms with Crippen molar-refractivity contribution in [1.29, 1.82) is 0 Å². The summed E-state index contributed by atoms with van der Waals surface area (Å²) < 4.78 is 21.3. The summed E-state index contributed by atoms with van der Waals surface area (Å²) in [5.74, 6) is 0.170. The first-order chi connectivity index (χ1) is 13.9. The molecule has 1 aliphatic heterocycles. The van der Waals surface area contributed by atoms with E-state index in [1.807, 2.05) is 0 Å². The van der Waals surface area contributed by atoms with Gasteiger partial charge < -0.3 is 19.3 Å². The van der Waals surface area contributed by atoms with Crippen molar-refractivity contribution in [3.05, 3.63) is 22.7 Å². The summed E-state index contributed by atoms with van der Waals surface area (Å²) in [4.78, 5) is 16.4. The third-order valence-corrected chi connectivity index (χ3v) is 16.4. The van der Waals surface area contributed by atoms with E-state index in [1.165, 1.54) is 4.57 Å². The number of nitrogen functional groups attached to an aromatic ring is 1. The standard InChI is InChI=1S/C22H43N3O4Si2/c1-15-18(29-31(10,11)22(5,6)7)16(14-27-30(8,9)21(2,3)4)28-19(15)25-13-12-17(23)24-20(25)26/h12-13,15-16,18-19H,14H2,1-11H3,(H2,23,24,26)/t15-,16-,18+,19-/m1/s1. The lowest BCUT2D eigenvalue weighted by Crippen LogP contribution is -2.49. The largest absolute Gasteiger partial charge is 0.414 e. The van der Waals surface area contributed by atoms with Crippen LogP contribution in [0.1, 0.15) is 54.7 Å². The smallest absolute Gasteiger partial charge is 0.351 e. The zero-order chi connectivity index (χ0) is 24.0. The molecule has 7 nitrogen and oxygen atoms in total. The Bertz CT molecular complexity index is 827. The van der Waals surface area contributed by atoms with Crippen molar-refractivity contribution in [3.63, 3.8) is 0 Å². The molecule has 0 bridgehead atoms. The fourth-order valence-electron chi connectivity index (χ4n) is 3.16. The Kier molecular flexibility index (Phi) is 7.40. The quantitative estimate of drug-likeness (QED) is 0.604. The van der Waals surface area contributed by atoms with Gasteiger partial charge in [-0.25, -0.2) is 4.79 Å². The second-order valence-corrected chi connectivity index (χ2v) is 21.4. The number of aromatic nitrogens is 2. The van der Waals surface area contributed by atoms with Gasteiger partial charge in [-0.05, 0) is 42.3 Å². The third-order valence-electron chi connectivity index (χ3n) is 7.43. The van der Waals surface area contributed by atoms with Crippen LogP contribution in [0.4, 0.5) is 5.82 Å².